The summed E-state index contributed by atoms with van der Waals surface area (Å²) in [5.41, 5.74) is 0. The van der Waals surface area contributed by atoms with E-state index >= 15 is 0 Å². The Kier molecular flexibility index (Phi) is 5.24. The molecular weight excluding hydrogens is 325 g/mol. The molecule has 3 nitrogen and oxygen atoms in total. The number of rotatable bonds is 4. The smallest absolute Gasteiger partial charge is 0.216 e. The maximum atomic E-state index is 10.6. The van der Waals surface area contributed by atoms with Gasteiger partial charge in [-0.2, -0.15) is 0 Å². The van der Waals surface area contributed by atoms with E-state index in [-0.39, 0.29) is 11.7 Å². The van der Waals surface area contributed by atoms with Crippen molar-refractivity contribution in [2.75, 3.05) is 12.3 Å². The lowest BCUT2D eigenvalue weighted by Gasteiger charge is -2.05. The quantitative estimate of drug-likeness (QED) is 0.503. The Labute approximate surface area is 107 Å². The number of carbonyl (C=O) groups excluding carboxylic acids is 1. The van der Waals surface area contributed by atoms with Crippen LogP contribution >= 0.6 is 34.4 Å². The molecule has 1 amide bonds. The SMILES string of the molecule is CC(=O)NCCSc1ccc(O)cc1I. The number of halogens is 1. The van der Waals surface area contributed by atoms with Crippen molar-refractivity contribution in [1.82, 2.24) is 5.32 Å². The van der Waals surface area contributed by atoms with Gasteiger partial charge in [0.25, 0.3) is 0 Å². The number of thioether (sulfide) groups is 1. The van der Waals surface area contributed by atoms with Gasteiger partial charge in [-0.1, -0.05) is 0 Å². The van der Waals surface area contributed by atoms with E-state index in [2.05, 4.69) is 27.9 Å². The average molecular weight is 337 g/mol. The maximum absolute atomic E-state index is 10.6. The zero-order chi connectivity index (χ0) is 11.3. The molecule has 0 atom stereocenters. The molecule has 0 fully saturated rings. The number of benzene rings is 1. The molecule has 0 aromatic heterocycles. The third-order valence-electron chi connectivity index (χ3n) is 1.65. The molecule has 1 aromatic carbocycles. The number of phenols is 1. The van der Waals surface area contributed by atoms with Gasteiger partial charge >= 0.3 is 0 Å². The number of amides is 1. The van der Waals surface area contributed by atoms with Gasteiger partial charge in [0.2, 0.25) is 5.91 Å². The molecule has 15 heavy (non-hydrogen) atoms. The van der Waals surface area contributed by atoms with Crippen LogP contribution < -0.4 is 5.32 Å². The fraction of sp³-hybridized carbons (Fsp3) is 0.300. The summed E-state index contributed by atoms with van der Waals surface area (Å²) in [5.74, 6) is 1.11. The van der Waals surface area contributed by atoms with Crippen LogP contribution in [-0.2, 0) is 4.79 Å². The first-order valence-corrected chi connectivity index (χ1v) is 6.52. The molecule has 0 saturated heterocycles. The molecule has 1 rings (SSSR count). The highest BCUT2D eigenvalue weighted by Gasteiger charge is 2.01. The Morgan fingerprint density at radius 2 is 2.33 bits per heavy atom. The number of hydrogen-bond acceptors (Lipinski definition) is 3. The lowest BCUT2D eigenvalue weighted by molar-refractivity contribution is -0.118. The van der Waals surface area contributed by atoms with Crippen molar-refractivity contribution < 1.29 is 9.90 Å². The van der Waals surface area contributed by atoms with Gasteiger partial charge in [0.1, 0.15) is 5.75 Å². The van der Waals surface area contributed by atoms with Crippen LogP contribution in [0.4, 0.5) is 0 Å². The van der Waals surface area contributed by atoms with Crippen LogP contribution in [0.5, 0.6) is 5.75 Å². The van der Waals surface area contributed by atoms with Gasteiger partial charge in [0, 0.05) is 27.7 Å². The molecule has 0 bridgehead atoms. The summed E-state index contributed by atoms with van der Waals surface area (Å²) in [6.45, 7) is 2.17. The second kappa shape index (κ2) is 6.22. The molecule has 0 aliphatic carbocycles. The third-order valence-corrected chi connectivity index (χ3v) is 3.98. The number of nitrogens with one attached hydrogen (secondary N) is 1. The van der Waals surface area contributed by atoms with Crippen molar-refractivity contribution in [1.29, 1.82) is 0 Å². The van der Waals surface area contributed by atoms with E-state index < -0.39 is 0 Å². The number of carbonyl (C=O) groups is 1. The van der Waals surface area contributed by atoms with E-state index in [1.165, 1.54) is 6.92 Å². The molecule has 0 aliphatic heterocycles. The van der Waals surface area contributed by atoms with Crippen molar-refractivity contribution in [3.8, 4) is 5.75 Å². The fourth-order valence-electron chi connectivity index (χ4n) is 0.995. The van der Waals surface area contributed by atoms with E-state index in [1.54, 1.807) is 23.9 Å². The summed E-state index contributed by atoms with van der Waals surface area (Å²) < 4.78 is 1.03. The molecule has 0 aliphatic rings. The van der Waals surface area contributed by atoms with Crippen LogP contribution in [-0.4, -0.2) is 23.3 Å². The Hall–Kier alpha value is -0.430. The normalized spacial score (nSPS) is 10.0. The Bertz CT molecular complexity index is 357. The highest BCUT2D eigenvalue weighted by molar-refractivity contribution is 14.1. The van der Waals surface area contributed by atoms with Crippen LogP contribution in [0.2, 0.25) is 0 Å². The van der Waals surface area contributed by atoms with Gasteiger partial charge in [-0.05, 0) is 40.8 Å². The minimum absolute atomic E-state index is 0.00370. The predicted molar refractivity (Wildman–Crippen MR) is 70.2 cm³/mol. The molecule has 1 aromatic rings. The van der Waals surface area contributed by atoms with Crippen molar-refractivity contribution in [3.63, 3.8) is 0 Å². The molecular formula is C10H12INO2S. The van der Waals surface area contributed by atoms with E-state index in [1.807, 2.05) is 6.07 Å². The lowest BCUT2D eigenvalue weighted by Crippen LogP contribution is -2.22. The molecule has 0 heterocycles. The third kappa shape index (κ3) is 4.74. The number of aromatic hydroxyl groups is 1. The second-order valence-electron chi connectivity index (χ2n) is 2.95. The zero-order valence-electron chi connectivity index (χ0n) is 8.29. The fourth-order valence-corrected chi connectivity index (χ4v) is 2.75. The largest absolute Gasteiger partial charge is 0.508 e. The van der Waals surface area contributed by atoms with E-state index in [0.717, 1.165) is 14.2 Å². The summed E-state index contributed by atoms with van der Waals surface area (Å²) in [4.78, 5) is 11.7. The second-order valence-corrected chi connectivity index (χ2v) is 5.25. The van der Waals surface area contributed by atoms with Crippen LogP contribution in [0.3, 0.4) is 0 Å². The van der Waals surface area contributed by atoms with Gasteiger partial charge in [-0.15, -0.1) is 11.8 Å². The van der Waals surface area contributed by atoms with Crippen molar-refractivity contribution in [2.45, 2.75) is 11.8 Å². The highest BCUT2D eigenvalue weighted by atomic mass is 127. The molecule has 0 unspecified atom stereocenters. The molecule has 82 valence electrons. The first-order chi connectivity index (χ1) is 7.09. The van der Waals surface area contributed by atoms with Crippen LogP contribution in [0.25, 0.3) is 0 Å². The van der Waals surface area contributed by atoms with Crippen molar-refractivity contribution in [2.24, 2.45) is 0 Å². The zero-order valence-corrected chi connectivity index (χ0v) is 11.3. The summed E-state index contributed by atoms with van der Waals surface area (Å²) in [6, 6.07) is 5.28. The summed E-state index contributed by atoms with van der Waals surface area (Å²) in [5, 5.41) is 11.9. The highest BCUT2D eigenvalue weighted by Crippen LogP contribution is 2.26. The van der Waals surface area contributed by atoms with Gasteiger partial charge in [-0.3, -0.25) is 4.79 Å². The van der Waals surface area contributed by atoms with E-state index in [9.17, 15) is 9.90 Å². The average Bonchev–Trinajstić information content (AvgIpc) is 2.14. The number of phenolic OH excluding ortho intramolecular Hbond substituents is 1. The Balaban J connectivity index is 2.40. The minimum atomic E-state index is -0.00370. The maximum Gasteiger partial charge on any atom is 0.216 e. The molecule has 0 saturated carbocycles. The van der Waals surface area contributed by atoms with Gasteiger partial charge in [0.15, 0.2) is 0 Å². The molecule has 2 N–H and O–H groups in total. The Morgan fingerprint density at radius 3 is 2.93 bits per heavy atom. The first-order valence-electron chi connectivity index (χ1n) is 4.45. The first kappa shape index (κ1) is 12.6. The van der Waals surface area contributed by atoms with Crippen molar-refractivity contribution >= 4 is 40.3 Å². The van der Waals surface area contributed by atoms with Crippen LogP contribution in [0.1, 0.15) is 6.92 Å². The lowest BCUT2D eigenvalue weighted by atomic mass is 10.3. The van der Waals surface area contributed by atoms with Gasteiger partial charge < -0.3 is 10.4 Å². The predicted octanol–water partition coefficient (Wildman–Crippen LogP) is 2.23. The van der Waals surface area contributed by atoms with Gasteiger partial charge in [-0.25, -0.2) is 0 Å². The molecule has 5 heteroatoms. The summed E-state index contributed by atoms with van der Waals surface area (Å²) in [6.07, 6.45) is 0. The monoisotopic (exact) mass is 337 g/mol. The van der Waals surface area contributed by atoms with Crippen molar-refractivity contribution in [3.05, 3.63) is 21.8 Å². The summed E-state index contributed by atoms with van der Waals surface area (Å²) >= 11 is 3.85. The van der Waals surface area contributed by atoms with Crippen LogP contribution in [0, 0.1) is 3.57 Å². The molecule has 0 radical (unpaired) electrons. The topological polar surface area (TPSA) is 49.3 Å². The standard InChI is InChI=1S/C10H12INO2S/c1-7(13)12-4-5-15-10-3-2-8(14)6-9(10)11/h2-3,6,14H,4-5H2,1H3,(H,12,13). The summed E-state index contributed by atoms with van der Waals surface area (Å²) in [7, 11) is 0. The van der Waals surface area contributed by atoms with E-state index in [0.29, 0.717) is 6.54 Å². The van der Waals surface area contributed by atoms with Gasteiger partial charge in [0.05, 0.1) is 0 Å². The number of hydrogen-bond donors (Lipinski definition) is 2. The Morgan fingerprint density at radius 1 is 1.60 bits per heavy atom. The minimum Gasteiger partial charge on any atom is -0.508 e. The van der Waals surface area contributed by atoms with Crippen LogP contribution in [0.15, 0.2) is 23.1 Å². The van der Waals surface area contributed by atoms with E-state index in [4.69, 9.17) is 0 Å². The molecule has 0 spiro atoms.